The highest BCUT2D eigenvalue weighted by Gasteiger charge is 2.33. The van der Waals surface area contributed by atoms with Crippen LogP contribution in [0.1, 0.15) is 6.42 Å². The van der Waals surface area contributed by atoms with Crippen LogP contribution in [0.5, 0.6) is 0 Å². The summed E-state index contributed by atoms with van der Waals surface area (Å²) in [4.78, 5) is 0.959. The Balaban J connectivity index is 4.95. The van der Waals surface area contributed by atoms with Crippen LogP contribution in [0.2, 0.25) is 0 Å². The van der Waals surface area contributed by atoms with Crippen LogP contribution < -0.4 is 0 Å². The molecule has 0 rings (SSSR count). The standard InChI is InChI=1S/C9H21NO9S/c11-4-6(8(13)14)10(7(5-12)9(15)16)2-1-3-20(17,18)19/h6-9,11-16H,1-5H2,(H,17,18,19). The molecule has 0 heterocycles. The van der Waals surface area contributed by atoms with E-state index in [-0.39, 0.29) is 13.0 Å². The first-order valence-corrected chi connectivity index (χ1v) is 7.39. The Morgan fingerprint density at radius 1 is 0.900 bits per heavy atom. The summed E-state index contributed by atoms with van der Waals surface area (Å²) in [6.45, 7) is -1.77. The zero-order valence-electron chi connectivity index (χ0n) is 10.6. The highest BCUT2D eigenvalue weighted by Crippen LogP contribution is 2.12. The van der Waals surface area contributed by atoms with Crippen molar-refractivity contribution in [1.29, 1.82) is 0 Å². The molecule has 122 valence electrons. The summed E-state index contributed by atoms with van der Waals surface area (Å²) in [6.07, 6.45) is -4.26. The second kappa shape index (κ2) is 8.81. The zero-order valence-corrected chi connectivity index (χ0v) is 11.5. The molecule has 2 atom stereocenters. The first kappa shape index (κ1) is 19.6. The van der Waals surface area contributed by atoms with Crippen LogP contribution in [0.3, 0.4) is 0 Å². The molecule has 0 aromatic rings. The summed E-state index contributed by atoms with van der Waals surface area (Å²) in [6, 6.07) is -2.70. The van der Waals surface area contributed by atoms with Gasteiger partial charge in [-0.2, -0.15) is 8.42 Å². The van der Waals surface area contributed by atoms with Gasteiger partial charge in [-0.1, -0.05) is 0 Å². The minimum atomic E-state index is -4.23. The fourth-order valence-corrected chi connectivity index (χ4v) is 2.24. The van der Waals surface area contributed by atoms with Crippen LogP contribution in [0, 0.1) is 0 Å². The molecule has 0 aliphatic carbocycles. The van der Waals surface area contributed by atoms with E-state index in [1.165, 1.54) is 0 Å². The summed E-state index contributed by atoms with van der Waals surface area (Å²) in [5.41, 5.74) is 0. The molecule has 10 nitrogen and oxygen atoms in total. The Labute approximate surface area is 116 Å². The van der Waals surface area contributed by atoms with Gasteiger partial charge in [-0.25, -0.2) is 0 Å². The molecule has 20 heavy (non-hydrogen) atoms. The van der Waals surface area contributed by atoms with Gasteiger partial charge in [0.05, 0.1) is 31.1 Å². The van der Waals surface area contributed by atoms with Crippen LogP contribution in [0.25, 0.3) is 0 Å². The van der Waals surface area contributed by atoms with Crippen molar-refractivity contribution in [1.82, 2.24) is 4.90 Å². The molecule has 0 saturated heterocycles. The van der Waals surface area contributed by atoms with Crippen molar-refractivity contribution >= 4 is 10.1 Å². The quantitative estimate of drug-likeness (QED) is 0.154. The summed E-state index contributed by atoms with van der Waals surface area (Å²) >= 11 is 0. The number of hydrogen-bond acceptors (Lipinski definition) is 9. The first-order chi connectivity index (χ1) is 9.14. The van der Waals surface area contributed by atoms with Crippen molar-refractivity contribution in [2.75, 3.05) is 25.5 Å². The molecule has 0 aliphatic heterocycles. The normalized spacial score (nSPS) is 16.1. The monoisotopic (exact) mass is 319 g/mol. The predicted molar refractivity (Wildman–Crippen MR) is 65.9 cm³/mol. The average molecular weight is 319 g/mol. The maximum Gasteiger partial charge on any atom is 0.264 e. The lowest BCUT2D eigenvalue weighted by atomic mass is 10.1. The van der Waals surface area contributed by atoms with Gasteiger partial charge in [0, 0.05) is 6.54 Å². The number of nitrogens with zero attached hydrogens (tertiary/aromatic N) is 1. The molecular formula is C9H21NO9S. The maximum atomic E-state index is 10.6. The summed E-state index contributed by atoms with van der Waals surface area (Å²) < 4.78 is 29.8. The molecule has 0 aromatic carbocycles. The minimum Gasteiger partial charge on any atom is -0.395 e. The number of rotatable bonds is 10. The molecule has 0 saturated carbocycles. The number of hydrogen-bond donors (Lipinski definition) is 7. The first-order valence-electron chi connectivity index (χ1n) is 5.79. The molecule has 0 spiro atoms. The lowest BCUT2D eigenvalue weighted by molar-refractivity contribution is -0.167. The highest BCUT2D eigenvalue weighted by molar-refractivity contribution is 7.85. The van der Waals surface area contributed by atoms with Gasteiger partial charge in [-0.15, -0.1) is 0 Å². The van der Waals surface area contributed by atoms with E-state index in [0.717, 1.165) is 4.90 Å². The minimum absolute atomic E-state index is 0.175. The molecule has 0 amide bonds. The van der Waals surface area contributed by atoms with Crippen molar-refractivity contribution < 1.29 is 43.6 Å². The smallest absolute Gasteiger partial charge is 0.264 e. The van der Waals surface area contributed by atoms with E-state index < -0.39 is 53.7 Å². The van der Waals surface area contributed by atoms with Gasteiger partial charge in [-0.3, -0.25) is 9.45 Å². The van der Waals surface area contributed by atoms with Gasteiger partial charge in [0.2, 0.25) is 0 Å². The summed E-state index contributed by atoms with van der Waals surface area (Å²) in [5, 5.41) is 54.6. The fourth-order valence-electron chi connectivity index (χ4n) is 1.75. The van der Waals surface area contributed by atoms with E-state index in [0.29, 0.717) is 0 Å². The van der Waals surface area contributed by atoms with Crippen LogP contribution in [-0.2, 0) is 10.1 Å². The Bertz CT molecular complexity index is 342. The van der Waals surface area contributed by atoms with Gasteiger partial charge in [0.25, 0.3) is 10.1 Å². The van der Waals surface area contributed by atoms with E-state index in [1.54, 1.807) is 0 Å². The maximum absolute atomic E-state index is 10.6. The predicted octanol–water partition coefficient (Wildman–Crippen LogP) is -4.09. The molecule has 0 radical (unpaired) electrons. The van der Waals surface area contributed by atoms with Crippen molar-refractivity contribution in [3.63, 3.8) is 0 Å². The summed E-state index contributed by atoms with van der Waals surface area (Å²) in [5.74, 6) is -0.636. The van der Waals surface area contributed by atoms with E-state index in [4.69, 9.17) is 35.2 Å². The fraction of sp³-hybridized carbons (Fsp3) is 1.00. The van der Waals surface area contributed by atoms with Gasteiger partial charge in [0.1, 0.15) is 0 Å². The van der Waals surface area contributed by atoms with Gasteiger partial charge < -0.3 is 30.6 Å². The lowest BCUT2D eigenvalue weighted by Gasteiger charge is -2.37. The van der Waals surface area contributed by atoms with Gasteiger partial charge in [-0.05, 0) is 6.42 Å². The lowest BCUT2D eigenvalue weighted by Crippen LogP contribution is -2.56. The van der Waals surface area contributed by atoms with E-state index >= 15 is 0 Å². The number of aliphatic hydroxyl groups excluding tert-OH is 4. The van der Waals surface area contributed by atoms with Crippen molar-refractivity contribution in [3.8, 4) is 0 Å². The van der Waals surface area contributed by atoms with Crippen molar-refractivity contribution in [3.05, 3.63) is 0 Å². The molecule has 0 aliphatic rings. The Hall–Kier alpha value is -0.370. The molecular weight excluding hydrogens is 298 g/mol. The van der Waals surface area contributed by atoms with E-state index in [2.05, 4.69) is 0 Å². The zero-order chi connectivity index (χ0) is 15.9. The third kappa shape index (κ3) is 6.88. The van der Waals surface area contributed by atoms with E-state index in [1.807, 2.05) is 0 Å². The molecule has 0 aromatic heterocycles. The van der Waals surface area contributed by atoms with Crippen molar-refractivity contribution in [2.24, 2.45) is 0 Å². The average Bonchev–Trinajstić information content (AvgIpc) is 2.27. The third-order valence-electron chi connectivity index (χ3n) is 2.73. The second-order valence-electron chi connectivity index (χ2n) is 4.20. The number of aliphatic hydroxyl groups is 6. The Morgan fingerprint density at radius 3 is 1.55 bits per heavy atom. The molecule has 7 N–H and O–H groups in total. The Kier molecular flexibility index (Phi) is 8.65. The summed E-state index contributed by atoms with van der Waals surface area (Å²) in [7, 11) is -4.23. The second-order valence-corrected chi connectivity index (χ2v) is 5.78. The van der Waals surface area contributed by atoms with Crippen molar-refractivity contribution in [2.45, 2.75) is 31.1 Å². The molecule has 11 heteroatoms. The molecule has 0 fully saturated rings. The largest absolute Gasteiger partial charge is 0.395 e. The Morgan fingerprint density at radius 2 is 1.30 bits per heavy atom. The third-order valence-corrected chi connectivity index (χ3v) is 3.54. The van der Waals surface area contributed by atoms with Gasteiger partial charge in [0.15, 0.2) is 12.6 Å². The molecule has 2 unspecified atom stereocenters. The van der Waals surface area contributed by atoms with Crippen LogP contribution in [0.15, 0.2) is 0 Å². The van der Waals surface area contributed by atoms with Gasteiger partial charge >= 0.3 is 0 Å². The topological polar surface area (TPSA) is 179 Å². The molecule has 0 bridgehead atoms. The van der Waals surface area contributed by atoms with Crippen LogP contribution in [0.4, 0.5) is 0 Å². The SMILES string of the molecule is O=S(=O)(O)CCCN(C(CO)C(O)O)C(CO)C(O)O. The highest BCUT2D eigenvalue weighted by atomic mass is 32.2. The van der Waals surface area contributed by atoms with Crippen LogP contribution in [-0.4, -0.2) is 98.7 Å². The van der Waals surface area contributed by atoms with Crippen LogP contribution >= 0.6 is 0 Å². The van der Waals surface area contributed by atoms with E-state index in [9.17, 15) is 8.42 Å².